The Morgan fingerprint density at radius 3 is 3.23 bits per heavy atom. The molecule has 66 valence electrons. The fraction of sp³-hybridized carbons (Fsp3) is 0.167. The lowest BCUT2D eigenvalue weighted by Crippen LogP contribution is -2.32. The molecule has 1 N–H and O–H groups in total. The molecule has 2 aliphatic heterocycles. The summed E-state index contributed by atoms with van der Waals surface area (Å²) in [5, 5.41) is 2.51. The molecule has 0 aromatic rings. The predicted octanol–water partition coefficient (Wildman–Crippen LogP) is -0.452. The van der Waals surface area contributed by atoms with Crippen LogP contribution in [0.4, 0.5) is 0 Å². The first-order valence-electron chi connectivity index (χ1n) is 3.43. The van der Waals surface area contributed by atoms with Crippen molar-refractivity contribution in [3.05, 3.63) is 0 Å². The number of nitrogens with one attached hydrogen (secondary N) is 1. The Hall–Kier alpha value is -1.56. The molecule has 13 heavy (non-hydrogen) atoms. The lowest BCUT2D eigenvalue weighted by atomic mass is 10.3. The van der Waals surface area contributed by atoms with Crippen LogP contribution in [-0.2, 0) is 4.79 Å². The molecule has 1 unspecified atom stereocenters. The van der Waals surface area contributed by atoms with Crippen molar-refractivity contribution in [2.24, 2.45) is 20.0 Å². The van der Waals surface area contributed by atoms with Gasteiger partial charge in [-0.3, -0.25) is 10.1 Å². The molecular formula is C6H4ClN5O. The number of fused-ring (bicyclic) bond motifs is 1. The second kappa shape index (κ2) is 3.06. The maximum Gasteiger partial charge on any atom is 0.228 e. The minimum atomic E-state index is -0.451. The lowest BCUT2D eigenvalue weighted by Gasteiger charge is -2.11. The third kappa shape index (κ3) is 1.35. The highest BCUT2D eigenvalue weighted by Gasteiger charge is 2.26. The van der Waals surface area contributed by atoms with E-state index in [0.29, 0.717) is 12.1 Å². The van der Waals surface area contributed by atoms with Crippen LogP contribution in [0, 0.1) is 0 Å². The summed E-state index contributed by atoms with van der Waals surface area (Å²) in [5.41, 5.74) is 0.512. The number of hydrogen-bond donors (Lipinski definition) is 1. The van der Waals surface area contributed by atoms with Crippen LogP contribution < -0.4 is 5.32 Å². The zero-order valence-electron chi connectivity index (χ0n) is 6.31. The standard InChI is InChI=1S/C6H4ClN5O/c7-4-3-5(9-1-8-3)12-6(11-4)10-2-13/h1-2,5H,(H,10,12,13). The van der Waals surface area contributed by atoms with Crippen molar-refractivity contribution in [2.75, 3.05) is 0 Å². The average molecular weight is 198 g/mol. The van der Waals surface area contributed by atoms with Gasteiger partial charge in [-0.2, -0.15) is 4.99 Å². The minimum absolute atomic E-state index is 0.156. The summed E-state index contributed by atoms with van der Waals surface area (Å²) < 4.78 is 0. The van der Waals surface area contributed by atoms with Crippen molar-refractivity contribution in [3.63, 3.8) is 0 Å². The first kappa shape index (κ1) is 8.06. The van der Waals surface area contributed by atoms with Crippen LogP contribution in [0.1, 0.15) is 0 Å². The number of amides is 1. The number of guanidine groups is 1. The molecule has 0 aromatic heterocycles. The molecule has 0 fully saturated rings. The number of aliphatic imine (C=N–C) groups is 4. The fourth-order valence-electron chi connectivity index (χ4n) is 0.967. The van der Waals surface area contributed by atoms with E-state index in [9.17, 15) is 4.79 Å². The summed E-state index contributed by atoms with van der Waals surface area (Å²) in [6, 6.07) is 0. The molecule has 0 saturated heterocycles. The van der Waals surface area contributed by atoms with Gasteiger partial charge in [0.05, 0.1) is 0 Å². The topological polar surface area (TPSA) is 78.5 Å². The third-order valence-electron chi connectivity index (χ3n) is 1.50. The summed E-state index contributed by atoms with van der Waals surface area (Å²) in [7, 11) is 0. The van der Waals surface area contributed by atoms with Gasteiger partial charge in [0.2, 0.25) is 12.4 Å². The zero-order valence-corrected chi connectivity index (χ0v) is 7.06. The van der Waals surface area contributed by atoms with E-state index in [-0.39, 0.29) is 11.1 Å². The SMILES string of the molecule is O=CNC1=NC2N=CN=C2C(Cl)=N1. The molecule has 0 aromatic carbocycles. The summed E-state index contributed by atoms with van der Waals surface area (Å²) in [6.07, 6.45) is 1.39. The van der Waals surface area contributed by atoms with E-state index in [2.05, 4.69) is 25.3 Å². The quantitative estimate of drug-likeness (QED) is 0.568. The van der Waals surface area contributed by atoms with E-state index in [1.54, 1.807) is 0 Å². The second-order valence-corrected chi connectivity index (χ2v) is 2.63. The van der Waals surface area contributed by atoms with Gasteiger partial charge < -0.3 is 0 Å². The molecule has 0 bridgehead atoms. The van der Waals surface area contributed by atoms with Crippen LogP contribution in [0.3, 0.4) is 0 Å². The molecule has 2 aliphatic rings. The van der Waals surface area contributed by atoms with Gasteiger partial charge in [-0.1, -0.05) is 11.6 Å². The molecule has 2 rings (SSSR count). The van der Waals surface area contributed by atoms with Gasteiger partial charge in [-0.25, -0.2) is 15.0 Å². The third-order valence-corrected chi connectivity index (χ3v) is 1.78. The molecule has 0 spiro atoms. The maximum absolute atomic E-state index is 10.1. The summed E-state index contributed by atoms with van der Waals surface area (Å²) in [5.74, 6) is 0.156. The predicted molar refractivity (Wildman–Crippen MR) is 49.6 cm³/mol. The number of hydrogen-bond acceptors (Lipinski definition) is 5. The number of rotatable bonds is 1. The van der Waals surface area contributed by atoms with E-state index >= 15 is 0 Å². The van der Waals surface area contributed by atoms with Crippen LogP contribution in [-0.4, -0.2) is 35.8 Å². The van der Waals surface area contributed by atoms with E-state index in [1.807, 2.05) is 0 Å². The minimum Gasteiger partial charge on any atom is -0.297 e. The highest BCUT2D eigenvalue weighted by Crippen LogP contribution is 2.12. The van der Waals surface area contributed by atoms with Crippen molar-refractivity contribution in [1.29, 1.82) is 0 Å². The Morgan fingerprint density at radius 2 is 2.46 bits per heavy atom. The van der Waals surface area contributed by atoms with Crippen LogP contribution in [0.25, 0.3) is 0 Å². The number of halogens is 1. The first-order valence-corrected chi connectivity index (χ1v) is 3.81. The van der Waals surface area contributed by atoms with E-state index < -0.39 is 6.17 Å². The number of carbonyl (C=O) groups is 1. The Morgan fingerprint density at radius 1 is 1.62 bits per heavy atom. The Bertz CT molecular complexity index is 369. The van der Waals surface area contributed by atoms with Gasteiger partial charge in [0.1, 0.15) is 12.1 Å². The zero-order chi connectivity index (χ0) is 9.26. The summed E-state index contributed by atoms with van der Waals surface area (Å²) in [6.45, 7) is 0. The van der Waals surface area contributed by atoms with Crippen molar-refractivity contribution in [3.8, 4) is 0 Å². The summed E-state index contributed by atoms with van der Waals surface area (Å²) >= 11 is 5.75. The van der Waals surface area contributed by atoms with Crippen LogP contribution >= 0.6 is 11.6 Å². The number of nitrogens with zero attached hydrogens (tertiary/aromatic N) is 4. The van der Waals surface area contributed by atoms with Crippen LogP contribution in [0.2, 0.25) is 0 Å². The van der Waals surface area contributed by atoms with Crippen LogP contribution in [0.5, 0.6) is 0 Å². The monoisotopic (exact) mass is 197 g/mol. The van der Waals surface area contributed by atoms with E-state index in [4.69, 9.17) is 11.6 Å². The fourth-order valence-corrected chi connectivity index (χ4v) is 1.19. The highest BCUT2D eigenvalue weighted by atomic mass is 35.5. The van der Waals surface area contributed by atoms with E-state index in [1.165, 1.54) is 6.34 Å². The number of carbonyl (C=O) groups excluding carboxylic acids is 1. The van der Waals surface area contributed by atoms with Crippen molar-refractivity contribution in [2.45, 2.75) is 6.17 Å². The Kier molecular flexibility index (Phi) is 1.90. The Balaban J connectivity index is 2.31. The molecule has 1 atom stereocenters. The van der Waals surface area contributed by atoms with Crippen molar-refractivity contribution >= 4 is 41.2 Å². The highest BCUT2D eigenvalue weighted by molar-refractivity contribution is 6.85. The molecule has 2 heterocycles. The molecule has 7 heteroatoms. The molecular weight excluding hydrogens is 194 g/mol. The lowest BCUT2D eigenvalue weighted by molar-refractivity contribution is -0.108. The normalized spacial score (nSPS) is 24.4. The molecule has 6 nitrogen and oxygen atoms in total. The largest absolute Gasteiger partial charge is 0.297 e. The molecule has 0 saturated carbocycles. The molecule has 1 amide bonds. The molecule has 0 aliphatic carbocycles. The van der Waals surface area contributed by atoms with Gasteiger partial charge in [0, 0.05) is 0 Å². The summed E-state index contributed by atoms with van der Waals surface area (Å²) in [4.78, 5) is 25.6. The molecule has 0 radical (unpaired) electrons. The van der Waals surface area contributed by atoms with Gasteiger partial charge in [0.15, 0.2) is 11.3 Å². The first-order chi connectivity index (χ1) is 6.31. The van der Waals surface area contributed by atoms with Crippen LogP contribution in [0.15, 0.2) is 20.0 Å². The smallest absolute Gasteiger partial charge is 0.228 e. The maximum atomic E-state index is 10.1. The van der Waals surface area contributed by atoms with Gasteiger partial charge in [-0.15, -0.1) is 0 Å². The van der Waals surface area contributed by atoms with Crippen molar-refractivity contribution in [1.82, 2.24) is 5.32 Å². The van der Waals surface area contributed by atoms with Gasteiger partial charge in [0.25, 0.3) is 0 Å². The van der Waals surface area contributed by atoms with E-state index in [0.717, 1.165) is 0 Å². The Labute approximate surface area is 78.1 Å². The van der Waals surface area contributed by atoms with Crippen molar-refractivity contribution < 1.29 is 4.79 Å². The second-order valence-electron chi connectivity index (χ2n) is 2.27. The van der Waals surface area contributed by atoms with Gasteiger partial charge in [-0.05, 0) is 0 Å². The van der Waals surface area contributed by atoms with Gasteiger partial charge >= 0.3 is 0 Å². The average Bonchev–Trinajstić information content (AvgIpc) is 2.53.